The number of aromatic carboxylic acids is 1. The minimum Gasteiger partial charge on any atom is -0.475 e. The van der Waals surface area contributed by atoms with Gasteiger partial charge in [0.2, 0.25) is 5.76 Å². The van der Waals surface area contributed by atoms with Crippen LogP contribution < -0.4 is 0 Å². The molecule has 0 bridgehead atoms. The molecule has 0 amide bonds. The fourth-order valence-electron chi connectivity index (χ4n) is 1.37. The Hall–Kier alpha value is -1.59. The van der Waals surface area contributed by atoms with Gasteiger partial charge in [-0.1, -0.05) is 6.07 Å². The van der Waals surface area contributed by atoms with Gasteiger partial charge < -0.3 is 14.6 Å². The van der Waals surface area contributed by atoms with Gasteiger partial charge >= 0.3 is 5.97 Å². The molecule has 0 saturated heterocycles. The van der Waals surface area contributed by atoms with Crippen molar-refractivity contribution in [3.05, 3.63) is 46.0 Å². The van der Waals surface area contributed by atoms with E-state index in [0.29, 0.717) is 6.42 Å². The molecule has 2 N–H and O–H groups in total. The first-order valence-corrected chi connectivity index (χ1v) is 5.58. The largest absolute Gasteiger partial charge is 0.475 e. The fraction of sp³-hybridized carbons (Fsp3) is 0.182. The molecule has 2 rings (SSSR count). The molecule has 0 aliphatic carbocycles. The van der Waals surface area contributed by atoms with Gasteiger partial charge in [0.15, 0.2) is 0 Å². The Balaban J connectivity index is 2.08. The number of rotatable bonds is 4. The van der Waals surface area contributed by atoms with Crippen molar-refractivity contribution < 1.29 is 19.4 Å². The number of thiophene rings is 1. The smallest absolute Gasteiger partial charge is 0.371 e. The van der Waals surface area contributed by atoms with E-state index in [1.54, 1.807) is 11.3 Å². The third kappa shape index (κ3) is 2.32. The van der Waals surface area contributed by atoms with Gasteiger partial charge in [-0.25, -0.2) is 4.79 Å². The summed E-state index contributed by atoms with van der Waals surface area (Å²) in [5.74, 6) is -0.999. The molecule has 2 aromatic heterocycles. The van der Waals surface area contributed by atoms with Crippen LogP contribution in [0.5, 0.6) is 0 Å². The van der Waals surface area contributed by atoms with Gasteiger partial charge in [0, 0.05) is 11.3 Å². The fourth-order valence-corrected chi connectivity index (χ4v) is 2.11. The summed E-state index contributed by atoms with van der Waals surface area (Å²) < 4.78 is 5.01. The van der Waals surface area contributed by atoms with Crippen molar-refractivity contribution in [3.63, 3.8) is 0 Å². The zero-order valence-electron chi connectivity index (χ0n) is 8.29. The van der Waals surface area contributed by atoms with Gasteiger partial charge in [-0.15, -0.1) is 11.3 Å². The molecule has 2 heterocycles. The van der Waals surface area contributed by atoms with Crippen molar-refractivity contribution in [2.24, 2.45) is 0 Å². The van der Waals surface area contributed by atoms with Crippen LogP contribution in [0.25, 0.3) is 0 Å². The van der Waals surface area contributed by atoms with E-state index < -0.39 is 12.1 Å². The summed E-state index contributed by atoms with van der Waals surface area (Å²) in [6.07, 6.45) is -0.365. The summed E-state index contributed by atoms with van der Waals surface area (Å²) in [7, 11) is 0. The van der Waals surface area contributed by atoms with Crippen molar-refractivity contribution in [3.8, 4) is 0 Å². The molecule has 0 aromatic carbocycles. The average Bonchev–Trinajstić information content (AvgIpc) is 2.86. The molecule has 1 atom stereocenters. The van der Waals surface area contributed by atoms with Crippen LogP contribution in [0, 0.1) is 0 Å². The maximum atomic E-state index is 10.6. The van der Waals surface area contributed by atoms with Gasteiger partial charge in [-0.3, -0.25) is 0 Å². The quantitative estimate of drug-likeness (QED) is 0.857. The minimum absolute atomic E-state index is 0.153. The maximum Gasteiger partial charge on any atom is 0.371 e. The Kier molecular flexibility index (Phi) is 3.07. The Morgan fingerprint density at radius 3 is 2.81 bits per heavy atom. The summed E-state index contributed by atoms with van der Waals surface area (Å²) in [5.41, 5.74) is 0. The summed E-state index contributed by atoms with van der Waals surface area (Å²) in [5, 5.41) is 20.4. The molecular weight excluding hydrogens is 228 g/mol. The molecule has 5 heteroatoms. The summed E-state index contributed by atoms with van der Waals surface area (Å²) >= 11 is 1.54. The second-order valence-corrected chi connectivity index (χ2v) is 4.34. The highest BCUT2D eigenvalue weighted by Gasteiger charge is 2.16. The van der Waals surface area contributed by atoms with Gasteiger partial charge in [0.25, 0.3) is 0 Å². The number of aliphatic hydroxyl groups is 1. The van der Waals surface area contributed by atoms with Crippen molar-refractivity contribution in [1.29, 1.82) is 0 Å². The normalized spacial score (nSPS) is 12.6. The molecule has 1 unspecified atom stereocenters. The highest BCUT2D eigenvalue weighted by atomic mass is 32.1. The topological polar surface area (TPSA) is 70.7 Å². The van der Waals surface area contributed by atoms with Crippen LogP contribution in [0.2, 0.25) is 0 Å². The Labute approximate surface area is 95.8 Å². The average molecular weight is 238 g/mol. The van der Waals surface area contributed by atoms with E-state index >= 15 is 0 Å². The number of carbonyl (C=O) groups is 1. The van der Waals surface area contributed by atoms with Crippen molar-refractivity contribution in [2.75, 3.05) is 0 Å². The van der Waals surface area contributed by atoms with Gasteiger partial charge in [-0.2, -0.15) is 0 Å². The zero-order valence-corrected chi connectivity index (χ0v) is 9.11. The lowest BCUT2D eigenvalue weighted by Crippen LogP contribution is -1.99. The monoisotopic (exact) mass is 238 g/mol. The molecule has 0 aliphatic heterocycles. The predicted octanol–water partition coefficient (Wildman–Crippen LogP) is 2.32. The highest BCUT2D eigenvalue weighted by Crippen LogP contribution is 2.22. The number of hydrogen-bond donors (Lipinski definition) is 2. The molecule has 0 radical (unpaired) electrons. The van der Waals surface area contributed by atoms with Crippen LogP contribution in [-0.4, -0.2) is 16.2 Å². The molecule has 4 nitrogen and oxygen atoms in total. The molecule has 0 fully saturated rings. The Bertz CT molecular complexity index is 472. The lowest BCUT2D eigenvalue weighted by atomic mass is 10.2. The second kappa shape index (κ2) is 4.51. The van der Waals surface area contributed by atoms with E-state index in [1.807, 2.05) is 17.5 Å². The summed E-state index contributed by atoms with van der Waals surface area (Å²) in [6.45, 7) is 0. The zero-order chi connectivity index (χ0) is 11.5. The van der Waals surface area contributed by atoms with Crippen molar-refractivity contribution in [1.82, 2.24) is 0 Å². The minimum atomic E-state index is -1.13. The lowest BCUT2D eigenvalue weighted by molar-refractivity contribution is 0.0651. The highest BCUT2D eigenvalue weighted by molar-refractivity contribution is 7.09. The number of aliphatic hydroxyl groups excluding tert-OH is 1. The number of hydrogen-bond acceptors (Lipinski definition) is 4. The van der Waals surface area contributed by atoms with Crippen LogP contribution in [0.4, 0.5) is 0 Å². The Morgan fingerprint density at radius 2 is 2.25 bits per heavy atom. The third-order valence-corrected chi connectivity index (χ3v) is 3.04. The van der Waals surface area contributed by atoms with Crippen LogP contribution in [-0.2, 0) is 6.42 Å². The van der Waals surface area contributed by atoms with E-state index in [4.69, 9.17) is 9.52 Å². The molecule has 0 aliphatic rings. The third-order valence-electron chi connectivity index (χ3n) is 2.14. The van der Waals surface area contributed by atoms with Crippen LogP contribution in [0.15, 0.2) is 34.1 Å². The van der Waals surface area contributed by atoms with E-state index in [2.05, 4.69) is 0 Å². The van der Waals surface area contributed by atoms with Gasteiger partial charge in [0.1, 0.15) is 11.9 Å². The van der Waals surface area contributed by atoms with E-state index in [-0.39, 0.29) is 11.5 Å². The first-order chi connectivity index (χ1) is 7.66. The first kappa shape index (κ1) is 10.9. The molecule has 16 heavy (non-hydrogen) atoms. The summed E-state index contributed by atoms with van der Waals surface area (Å²) in [6, 6.07) is 6.64. The summed E-state index contributed by atoms with van der Waals surface area (Å²) in [4.78, 5) is 11.6. The number of carboxylic acids is 1. The van der Waals surface area contributed by atoms with Crippen molar-refractivity contribution >= 4 is 17.3 Å². The van der Waals surface area contributed by atoms with Gasteiger partial charge in [0.05, 0.1) is 0 Å². The van der Waals surface area contributed by atoms with E-state index in [0.717, 1.165) is 4.88 Å². The number of furan rings is 1. The first-order valence-electron chi connectivity index (χ1n) is 4.70. The van der Waals surface area contributed by atoms with Crippen molar-refractivity contribution in [2.45, 2.75) is 12.5 Å². The van der Waals surface area contributed by atoms with E-state index in [1.165, 1.54) is 12.1 Å². The van der Waals surface area contributed by atoms with Crippen LogP contribution >= 0.6 is 11.3 Å². The SMILES string of the molecule is O=C(O)c1ccc(C(O)Cc2cccs2)o1. The molecule has 0 spiro atoms. The Morgan fingerprint density at radius 1 is 1.44 bits per heavy atom. The maximum absolute atomic E-state index is 10.6. The molecule has 2 aromatic rings. The second-order valence-electron chi connectivity index (χ2n) is 3.31. The molecule has 0 saturated carbocycles. The predicted molar refractivity (Wildman–Crippen MR) is 58.7 cm³/mol. The molecule has 84 valence electrons. The van der Waals surface area contributed by atoms with Crippen LogP contribution in [0.1, 0.15) is 27.3 Å². The lowest BCUT2D eigenvalue weighted by Gasteiger charge is -2.05. The number of carboxylic acid groups (broad SMARTS) is 1. The van der Waals surface area contributed by atoms with E-state index in [9.17, 15) is 9.90 Å². The van der Waals surface area contributed by atoms with Crippen LogP contribution in [0.3, 0.4) is 0 Å². The van der Waals surface area contributed by atoms with Gasteiger partial charge in [-0.05, 0) is 23.6 Å². The standard InChI is InChI=1S/C11H10O4S/c12-8(6-7-2-1-5-16-7)9-3-4-10(15-9)11(13)14/h1-5,8,12H,6H2,(H,13,14). The molecular formula is C11H10O4S.